The number of hydrogen-bond acceptors (Lipinski definition) is 6. The molecule has 140 valence electrons. The zero-order valence-corrected chi connectivity index (χ0v) is 15.6. The highest BCUT2D eigenvalue weighted by atomic mass is 16.2. The summed E-state index contributed by atoms with van der Waals surface area (Å²) in [5.74, 6) is 1.38. The van der Waals surface area contributed by atoms with Gasteiger partial charge in [0.25, 0.3) is 0 Å². The first-order chi connectivity index (χ1) is 13.1. The molecule has 8 nitrogen and oxygen atoms in total. The average Bonchev–Trinajstić information content (AvgIpc) is 3.12. The lowest BCUT2D eigenvalue weighted by Crippen LogP contribution is -2.49. The van der Waals surface area contributed by atoms with E-state index in [1.165, 1.54) is 0 Å². The molecule has 0 aliphatic carbocycles. The maximum absolute atomic E-state index is 12.3. The van der Waals surface area contributed by atoms with Gasteiger partial charge in [0.1, 0.15) is 6.33 Å². The van der Waals surface area contributed by atoms with E-state index >= 15 is 0 Å². The zero-order valence-electron chi connectivity index (χ0n) is 15.6. The lowest BCUT2D eigenvalue weighted by molar-refractivity contribution is -0.132. The van der Waals surface area contributed by atoms with Crippen LogP contribution < -0.4 is 4.90 Å². The van der Waals surface area contributed by atoms with Crippen molar-refractivity contribution >= 4 is 22.9 Å². The molecule has 1 aliphatic rings. The summed E-state index contributed by atoms with van der Waals surface area (Å²) in [6, 6.07) is 9.81. The lowest BCUT2D eigenvalue weighted by atomic mass is 10.1. The molecule has 0 radical (unpaired) electrons. The number of carbonyl (C=O) groups is 1. The van der Waals surface area contributed by atoms with Crippen LogP contribution in [-0.4, -0.2) is 61.9 Å². The topological polar surface area (TPSA) is 80.0 Å². The van der Waals surface area contributed by atoms with Crippen LogP contribution in [0.1, 0.15) is 20.3 Å². The van der Waals surface area contributed by atoms with Gasteiger partial charge in [0.15, 0.2) is 17.0 Å². The highest BCUT2D eigenvalue weighted by Crippen LogP contribution is 2.23. The third-order valence-electron chi connectivity index (χ3n) is 4.73. The number of fused-ring (bicyclic) bond motifs is 1. The summed E-state index contributed by atoms with van der Waals surface area (Å²) in [6.45, 7) is 7.00. The van der Waals surface area contributed by atoms with Gasteiger partial charge in [-0.1, -0.05) is 37.3 Å². The van der Waals surface area contributed by atoms with Gasteiger partial charge in [0.2, 0.25) is 5.91 Å². The molecule has 0 spiro atoms. The number of para-hydroxylation sites is 1. The Morgan fingerprint density at radius 1 is 1.07 bits per heavy atom. The number of anilines is 1. The number of aromatic nitrogens is 5. The van der Waals surface area contributed by atoms with Gasteiger partial charge in [-0.3, -0.25) is 4.79 Å². The Morgan fingerprint density at radius 2 is 1.81 bits per heavy atom. The molecule has 1 fully saturated rings. The van der Waals surface area contributed by atoms with Crippen LogP contribution in [0.5, 0.6) is 0 Å². The highest BCUT2D eigenvalue weighted by Gasteiger charge is 2.25. The van der Waals surface area contributed by atoms with Crippen LogP contribution in [0.15, 0.2) is 36.7 Å². The standard InChI is InChI=1S/C19H23N7O/c1-14(2)12-16(27)24-8-10-25(11-9-24)18-17-19(21-13-20-18)26(23-22-17)15-6-4-3-5-7-15/h3-7,13-14H,8-12H2,1-2H3. The van der Waals surface area contributed by atoms with E-state index in [1.54, 1.807) is 11.0 Å². The Bertz CT molecular complexity index is 930. The summed E-state index contributed by atoms with van der Waals surface area (Å²) in [7, 11) is 0. The summed E-state index contributed by atoms with van der Waals surface area (Å²) in [5.41, 5.74) is 2.28. The molecular weight excluding hydrogens is 342 g/mol. The van der Waals surface area contributed by atoms with Crippen LogP contribution in [0.25, 0.3) is 16.9 Å². The molecule has 2 aromatic heterocycles. The molecule has 1 amide bonds. The summed E-state index contributed by atoms with van der Waals surface area (Å²) in [4.78, 5) is 25.2. The molecule has 0 saturated carbocycles. The molecule has 3 heterocycles. The van der Waals surface area contributed by atoms with Gasteiger partial charge >= 0.3 is 0 Å². The number of rotatable bonds is 4. The van der Waals surface area contributed by atoms with Crippen molar-refractivity contribution in [3.63, 3.8) is 0 Å². The maximum atomic E-state index is 12.3. The minimum absolute atomic E-state index is 0.229. The third-order valence-corrected chi connectivity index (χ3v) is 4.73. The predicted molar refractivity (Wildman–Crippen MR) is 103 cm³/mol. The number of amides is 1. The second-order valence-electron chi connectivity index (χ2n) is 7.17. The van der Waals surface area contributed by atoms with Gasteiger partial charge in [-0.2, -0.15) is 4.68 Å². The van der Waals surface area contributed by atoms with Gasteiger partial charge in [0, 0.05) is 32.6 Å². The molecule has 1 aromatic carbocycles. The minimum atomic E-state index is 0.229. The number of benzene rings is 1. The molecule has 0 unspecified atom stereocenters. The van der Waals surface area contributed by atoms with Crippen molar-refractivity contribution in [2.45, 2.75) is 20.3 Å². The molecule has 0 N–H and O–H groups in total. The average molecular weight is 365 g/mol. The fraction of sp³-hybridized carbons (Fsp3) is 0.421. The summed E-state index contributed by atoms with van der Waals surface area (Å²) in [5, 5.41) is 8.60. The SMILES string of the molecule is CC(C)CC(=O)N1CCN(c2ncnc3c2nnn3-c2ccccc2)CC1. The number of carbonyl (C=O) groups excluding carboxylic acids is 1. The minimum Gasteiger partial charge on any atom is -0.351 e. The quantitative estimate of drug-likeness (QED) is 0.703. The molecule has 1 aliphatic heterocycles. The Hall–Kier alpha value is -3.03. The van der Waals surface area contributed by atoms with Crippen LogP contribution in [-0.2, 0) is 4.79 Å². The third kappa shape index (κ3) is 3.47. The maximum Gasteiger partial charge on any atom is 0.222 e. The van der Waals surface area contributed by atoms with Crippen molar-refractivity contribution in [2.75, 3.05) is 31.1 Å². The van der Waals surface area contributed by atoms with E-state index < -0.39 is 0 Å². The second-order valence-corrected chi connectivity index (χ2v) is 7.17. The van der Waals surface area contributed by atoms with E-state index in [9.17, 15) is 4.79 Å². The van der Waals surface area contributed by atoms with E-state index in [0.717, 1.165) is 24.6 Å². The van der Waals surface area contributed by atoms with E-state index in [4.69, 9.17) is 0 Å². The van der Waals surface area contributed by atoms with Crippen molar-refractivity contribution in [3.8, 4) is 5.69 Å². The fourth-order valence-electron chi connectivity index (χ4n) is 3.36. The fourth-order valence-corrected chi connectivity index (χ4v) is 3.36. The first-order valence-electron chi connectivity index (χ1n) is 9.28. The number of piperazine rings is 1. The summed E-state index contributed by atoms with van der Waals surface area (Å²) >= 11 is 0. The van der Waals surface area contributed by atoms with Crippen LogP contribution in [0, 0.1) is 5.92 Å². The largest absolute Gasteiger partial charge is 0.351 e. The van der Waals surface area contributed by atoms with E-state index in [1.807, 2.05) is 35.2 Å². The Labute approximate surface area is 157 Å². The van der Waals surface area contributed by atoms with Gasteiger partial charge < -0.3 is 9.80 Å². The first-order valence-corrected chi connectivity index (χ1v) is 9.28. The normalized spacial score (nSPS) is 14.9. The molecule has 8 heteroatoms. The molecule has 0 atom stereocenters. The van der Waals surface area contributed by atoms with Crippen molar-refractivity contribution in [1.29, 1.82) is 0 Å². The second kappa shape index (κ2) is 7.30. The van der Waals surface area contributed by atoms with Crippen LogP contribution in [0.3, 0.4) is 0 Å². The molecule has 3 aromatic rings. The molecule has 27 heavy (non-hydrogen) atoms. The summed E-state index contributed by atoms with van der Waals surface area (Å²) < 4.78 is 1.73. The van der Waals surface area contributed by atoms with Crippen molar-refractivity contribution in [3.05, 3.63) is 36.7 Å². The van der Waals surface area contributed by atoms with Crippen LogP contribution >= 0.6 is 0 Å². The van der Waals surface area contributed by atoms with Gasteiger partial charge in [-0.15, -0.1) is 5.10 Å². The first kappa shape index (κ1) is 17.4. The van der Waals surface area contributed by atoms with Gasteiger partial charge in [0.05, 0.1) is 5.69 Å². The van der Waals surface area contributed by atoms with E-state index in [-0.39, 0.29) is 5.91 Å². The van der Waals surface area contributed by atoms with Gasteiger partial charge in [-0.25, -0.2) is 9.97 Å². The molecule has 4 rings (SSSR count). The van der Waals surface area contributed by atoms with Crippen molar-refractivity contribution in [1.82, 2.24) is 29.9 Å². The predicted octanol–water partition coefficient (Wildman–Crippen LogP) is 1.91. The Morgan fingerprint density at radius 3 is 2.52 bits per heavy atom. The smallest absolute Gasteiger partial charge is 0.222 e. The van der Waals surface area contributed by atoms with Crippen molar-refractivity contribution < 1.29 is 4.79 Å². The zero-order chi connectivity index (χ0) is 18.8. The monoisotopic (exact) mass is 365 g/mol. The van der Waals surface area contributed by atoms with Crippen LogP contribution in [0.4, 0.5) is 5.82 Å². The highest BCUT2D eigenvalue weighted by molar-refractivity contribution is 5.84. The van der Waals surface area contributed by atoms with E-state index in [2.05, 4.69) is 39.0 Å². The van der Waals surface area contributed by atoms with Gasteiger partial charge in [-0.05, 0) is 18.1 Å². The van der Waals surface area contributed by atoms with E-state index in [0.29, 0.717) is 36.6 Å². The van der Waals surface area contributed by atoms with Crippen molar-refractivity contribution in [2.24, 2.45) is 5.92 Å². The van der Waals surface area contributed by atoms with Crippen LogP contribution in [0.2, 0.25) is 0 Å². The Kier molecular flexibility index (Phi) is 4.70. The Balaban J connectivity index is 1.55. The molecular formula is C19H23N7O. The lowest BCUT2D eigenvalue weighted by Gasteiger charge is -2.35. The molecule has 1 saturated heterocycles. The summed E-state index contributed by atoms with van der Waals surface area (Å²) in [6.07, 6.45) is 2.15. The molecule has 0 bridgehead atoms. The number of hydrogen-bond donors (Lipinski definition) is 0. The number of nitrogens with zero attached hydrogens (tertiary/aromatic N) is 7.